The summed E-state index contributed by atoms with van der Waals surface area (Å²) in [6.45, 7) is 9.24. The van der Waals surface area contributed by atoms with E-state index >= 15 is 0 Å². The van der Waals surface area contributed by atoms with Crippen LogP contribution in [-0.2, 0) is 4.74 Å². The highest BCUT2D eigenvalue weighted by Crippen LogP contribution is 2.24. The standard InChI is InChI=1S/C23H24N2O3/c1-14(2)28-23(27)18-10-16(4)21(17(5)11-18)22(26)20-12-19(7-6-15(20)3)25-9-8-24-13-25/h6-14H,1-5H3. The molecule has 0 N–H and O–H groups in total. The summed E-state index contributed by atoms with van der Waals surface area (Å²) in [5.41, 5.74) is 5.00. The van der Waals surface area contributed by atoms with Crippen molar-refractivity contribution in [1.29, 1.82) is 0 Å². The number of ketones is 1. The van der Waals surface area contributed by atoms with E-state index in [2.05, 4.69) is 4.98 Å². The molecule has 3 rings (SSSR count). The maximum atomic E-state index is 13.3. The van der Waals surface area contributed by atoms with E-state index in [9.17, 15) is 9.59 Å². The lowest BCUT2D eigenvalue weighted by Gasteiger charge is -2.15. The van der Waals surface area contributed by atoms with Gasteiger partial charge in [-0.3, -0.25) is 4.79 Å². The van der Waals surface area contributed by atoms with Crippen molar-refractivity contribution in [3.8, 4) is 5.69 Å². The molecular formula is C23H24N2O3. The molecule has 0 spiro atoms. The molecule has 5 nitrogen and oxygen atoms in total. The van der Waals surface area contributed by atoms with Crippen molar-refractivity contribution in [1.82, 2.24) is 9.55 Å². The maximum Gasteiger partial charge on any atom is 0.338 e. The molecule has 3 aromatic rings. The van der Waals surface area contributed by atoms with E-state index in [1.54, 1.807) is 24.7 Å². The molecule has 0 bridgehead atoms. The average Bonchev–Trinajstić information content (AvgIpc) is 3.15. The fourth-order valence-corrected chi connectivity index (χ4v) is 3.28. The molecule has 0 aliphatic heterocycles. The minimum Gasteiger partial charge on any atom is -0.459 e. The van der Waals surface area contributed by atoms with E-state index < -0.39 is 0 Å². The quantitative estimate of drug-likeness (QED) is 0.482. The Bertz CT molecular complexity index is 1010. The van der Waals surface area contributed by atoms with Gasteiger partial charge in [0.25, 0.3) is 0 Å². The molecule has 5 heteroatoms. The van der Waals surface area contributed by atoms with E-state index in [0.29, 0.717) is 16.7 Å². The van der Waals surface area contributed by atoms with Crippen LogP contribution in [0.15, 0.2) is 49.1 Å². The van der Waals surface area contributed by atoms with Crippen LogP contribution in [0.1, 0.15) is 56.8 Å². The Hall–Kier alpha value is -3.21. The van der Waals surface area contributed by atoms with Gasteiger partial charge in [0.05, 0.1) is 18.0 Å². The number of aromatic nitrogens is 2. The van der Waals surface area contributed by atoms with Crippen LogP contribution in [0.3, 0.4) is 0 Å². The Balaban J connectivity index is 2.01. The van der Waals surface area contributed by atoms with Gasteiger partial charge in [0.2, 0.25) is 0 Å². The van der Waals surface area contributed by atoms with Crippen molar-refractivity contribution in [3.63, 3.8) is 0 Å². The Morgan fingerprint density at radius 1 is 1.00 bits per heavy atom. The zero-order valence-corrected chi connectivity index (χ0v) is 16.8. The summed E-state index contributed by atoms with van der Waals surface area (Å²) in [7, 11) is 0. The second-order valence-corrected chi connectivity index (χ2v) is 7.24. The van der Waals surface area contributed by atoms with Crippen molar-refractivity contribution >= 4 is 11.8 Å². The molecule has 1 heterocycles. The fourth-order valence-electron chi connectivity index (χ4n) is 3.28. The number of carbonyl (C=O) groups is 2. The van der Waals surface area contributed by atoms with Crippen molar-refractivity contribution in [2.24, 2.45) is 0 Å². The molecule has 2 aromatic carbocycles. The molecule has 0 unspecified atom stereocenters. The van der Waals surface area contributed by atoms with Crippen molar-refractivity contribution in [3.05, 3.63) is 82.4 Å². The highest BCUT2D eigenvalue weighted by Gasteiger charge is 2.20. The summed E-state index contributed by atoms with van der Waals surface area (Å²) < 4.78 is 7.14. The normalized spacial score (nSPS) is 10.9. The Morgan fingerprint density at radius 3 is 2.25 bits per heavy atom. The van der Waals surface area contributed by atoms with E-state index in [-0.39, 0.29) is 17.9 Å². The van der Waals surface area contributed by atoms with E-state index in [4.69, 9.17) is 4.74 Å². The molecule has 28 heavy (non-hydrogen) atoms. The summed E-state index contributed by atoms with van der Waals surface area (Å²) in [5, 5.41) is 0. The molecule has 0 atom stereocenters. The van der Waals surface area contributed by atoms with Gasteiger partial charge in [0, 0.05) is 29.2 Å². The molecule has 0 aliphatic rings. The highest BCUT2D eigenvalue weighted by molar-refractivity contribution is 6.12. The SMILES string of the molecule is Cc1ccc(-n2ccnc2)cc1C(=O)c1c(C)cc(C(=O)OC(C)C)cc1C. The topological polar surface area (TPSA) is 61.2 Å². The van der Waals surface area contributed by atoms with E-state index in [0.717, 1.165) is 22.4 Å². The number of carbonyl (C=O) groups excluding carboxylic acids is 2. The zero-order valence-electron chi connectivity index (χ0n) is 16.8. The van der Waals surface area contributed by atoms with Gasteiger partial charge in [-0.25, -0.2) is 9.78 Å². The minimum absolute atomic E-state index is 0.0572. The number of aryl methyl sites for hydroxylation is 3. The number of esters is 1. The lowest BCUT2D eigenvalue weighted by atomic mass is 9.91. The third kappa shape index (κ3) is 3.88. The van der Waals surface area contributed by atoms with Crippen LogP contribution in [0.25, 0.3) is 5.69 Å². The molecule has 0 aliphatic carbocycles. The summed E-state index contributed by atoms with van der Waals surface area (Å²) in [5.74, 6) is -0.434. The lowest BCUT2D eigenvalue weighted by molar-refractivity contribution is 0.0377. The van der Waals surface area contributed by atoms with Crippen LogP contribution < -0.4 is 0 Å². The number of ether oxygens (including phenoxy) is 1. The summed E-state index contributed by atoms with van der Waals surface area (Å²) in [4.78, 5) is 29.6. The third-order valence-electron chi connectivity index (χ3n) is 4.61. The summed E-state index contributed by atoms with van der Waals surface area (Å²) in [6, 6.07) is 9.21. The maximum absolute atomic E-state index is 13.3. The first-order chi connectivity index (χ1) is 13.3. The largest absolute Gasteiger partial charge is 0.459 e. The van der Waals surface area contributed by atoms with Gasteiger partial charge in [-0.05, 0) is 75.6 Å². The van der Waals surface area contributed by atoms with Crippen LogP contribution in [0, 0.1) is 20.8 Å². The fraction of sp³-hybridized carbons (Fsp3) is 0.261. The molecule has 0 amide bonds. The zero-order chi connectivity index (χ0) is 20.4. The summed E-state index contributed by atoms with van der Waals surface area (Å²) in [6.07, 6.45) is 5.04. The highest BCUT2D eigenvalue weighted by atomic mass is 16.5. The second kappa shape index (κ2) is 7.80. The number of rotatable bonds is 5. The van der Waals surface area contributed by atoms with E-state index in [1.165, 1.54) is 0 Å². The average molecular weight is 376 g/mol. The van der Waals surface area contributed by atoms with E-state index in [1.807, 2.05) is 63.6 Å². The van der Waals surface area contributed by atoms with Crippen molar-refractivity contribution in [2.45, 2.75) is 40.7 Å². The first-order valence-electron chi connectivity index (χ1n) is 9.24. The van der Waals surface area contributed by atoms with Gasteiger partial charge in [0.15, 0.2) is 5.78 Å². The molecule has 0 saturated heterocycles. The minimum atomic E-state index is -0.376. The molecule has 0 radical (unpaired) electrons. The molecular weight excluding hydrogens is 352 g/mol. The molecule has 1 aromatic heterocycles. The van der Waals surface area contributed by atoms with Gasteiger partial charge in [-0.15, -0.1) is 0 Å². The molecule has 0 saturated carbocycles. The van der Waals surface area contributed by atoms with Crippen molar-refractivity contribution < 1.29 is 14.3 Å². The van der Waals surface area contributed by atoms with Gasteiger partial charge in [0.1, 0.15) is 0 Å². The Kier molecular flexibility index (Phi) is 5.45. The van der Waals surface area contributed by atoms with Crippen LogP contribution in [0.5, 0.6) is 0 Å². The lowest BCUT2D eigenvalue weighted by Crippen LogP contribution is -2.14. The smallest absolute Gasteiger partial charge is 0.338 e. The second-order valence-electron chi connectivity index (χ2n) is 7.24. The predicted octanol–water partition coefficient (Wildman–Crippen LogP) is 4.59. The first kappa shape index (κ1) is 19.5. The van der Waals surface area contributed by atoms with Crippen LogP contribution in [0.4, 0.5) is 0 Å². The van der Waals surface area contributed by atoms with Gasteiger partial charge in [-0.1, -0.05) is 6.07 Å². The number of imidazole rings is 1. The monoisotopic (exact) mass is 376 g/mol. The first-order valence-corrected chi connectivity index (χ1v) is 9.24. The third-order valence-corrected chi connectivity index (χ3v) is 4.61. The molecule has 144 valence electrons. The van der Waals surface area contributed by atoms with Gasteiger partial charge in [-0.2, -0.15) is 0 Å². The predicted molar refractivity (Wildman–Crippen MR) is 108 cm³/mol. The van der Waals surface area contributed by atoms with Crippen LogP contribution in [-0.4, -0.2) is 27.4 Å². The number of hydrogen-bond donors (Lipinski definition) is 0. The number of nitrogens with zero attached hydrogens (tertiary/aromatic N) is 2. The van der Waals surface area contributed by atoms with Gasteiger partial charge >= 0.3 is 5.97 Å². The Morgan fingerprint density at radius 2 is 1.68 bits per heavy atom. The number of hydrogen-bond acceptors (Lipinski definition) is 4. The van der Waals surface area contributed by atoms with Gasteiger partial charge < -0.3 is 9.30 Å². The summed E-state index contributed by atoms with van der Waals surface area (Å²) >= 11 is 0. The van der Waals surface area contributed by atoms with Crippen LogP contribution in [0.2, 0.25) is 0 Å². The van der Waals surface area contributed by atoms with Crippen molar-refractivity contribution in [2.75, 3.05) is 0 Å². The Labute approximate surface area is 165 Å². The molecule has 0 fully saturated rings. The number of benzene rings is 2. The van der Waals surface area contributed by atoms with Crippen LogP contribution >= 0.6 is 0 Å².